The van der Waals surface area contributed by atoms with E-state index in [0.29, 0.717) is 5.76 Å². The lowest BCUT2D eigenvalue weighted by Gasteiger charge is -2.05. The third-order valence-corrected chi connectivity index (χ3v) is 2.23. The number of carbonyl (C=O) groups excluding carboxylic acids is 1. The fourth-order valence-electron chi connectivity index (χ4n) is 1.54. The van der Waals surface area contributed by atoms with Crippen molar-refractivity contribution in [2.75, 3.05) is 0 Å². The smallest absolute Gasteiger partial charge is 0.382 e. The first-order valence-corrected chi connectivity index (χ1v) is 4.44. The number of aryl methyl sites for hydroxylation is 2. The van der Waals surface area contributed by atoms with Gasteiger partial charge in [0.1, 0.15) is 5.76 Å². The second-order valence-corrected chi connectivity index (χ2v) is 3.23. The van der Waals surface area contributed by atoms with E-state index in [1.54, 1.807) is 0 Å². The molecule has 5 nitrogen and oxygen atoms in total. The van der Waals surface area contributed by atoms with Crippen LogP contribution in [0.4, 0.5) is 0 Å². The van der Waals surface area contributed by atoms with Gasteiger partial charge in [0.25, 0.3) is 5.89 Å². The van der Waals surface area contributed by atoms with Gasteiger partial charge in [-0.05, 0) is 19.3 Å². The molecular weight excluding hydrogens is 186 g/mol. The van der Waals surface area contributed by atoms with Crippen molar-refractivity contribution >= 4 is 11.8 Å². The van der Waals surface area contributed by atoms with Crippen LogP contribution in [0.2, 0.25) is 0 Å². The summed E-state index contributed by atoms with van der Waals surface area (Å²) < 4.78 is 5.09. The number of aromatic nitrogens is 1. The third kappa shape index (κ3) is 1.41. The predicted molar refractivity (Wildman–Crippen MR) is 45.1 cm³/mol. The number of oxazole rings is 1. The Morgan fingerprint density at radius 2 is 2.00 bits per heavy atom. The summed E-state index contributed by atoms with van der Waals surface area (Å²) >= 11 is 0. The number of nitrogens with zero attached hydrogens (tertiary/aromatic N) is 1. The zero-order valence-corrected chi connectivity index (χ0v) is 7.45. The molecule has 0 atom stereocenters. The summed E-state index contributed by atoms with van der Waals surface area (Å²) in [4.78, 5) is 25.2. The first-order chi connectivity index (χ1) is 6.68. The number of Topliss-reactive ketones (excluding diaryl/α,β-unsaturated/α-hetero) is 1. The lowest BCUT2D eigenvalue weighted by molar-refractivity contribution is -0.132. The van der Waals surface area contributed by atoms with Gasteiger partial charge in [0.05, 0.1) is 5.69 Å². The van der Waals surface area contributed by atoms with E-state index < -0.39 is 11.8 Å². The van der Waals surface area contributed by atoms with Crippen molar-refractivity contribution in [3.05, 3.63) is 17.3 Å². The number of carboxylic acids is 1. The topological polar surface area (TPSA) is 80.4 Å². The minimum Gasteiger partial charge on any atom is -0.475 e. The molecular formula is C9H9NO4. The Morgan fingerprint density at radius 3 is 2.64 bits per heavy atom. The fraction of sp³-hybridized carbons (Fsp3) is 0.444. The van der Waals surface area contributed by atoms with Gasteiger partial charge in [-0.25, -0.2) is 9.78 Å². The summed E-state index contributed by atoms with van der Waals surface area (Å²) in [6, 6.07) is 0. The molecule has 1 aromatic heterocycles. The van der Waals surface area contributed by atoms with Crippen LogP contribution in [0, 0.1) is 0 Å². The molecule has 74 valence electrons. The molecule has 1 aliphatic carbocycles. The number of fused-ring (bicyclic) bond motifs is 1. The summed E-state index contributed by atoms with van der Waals surface area (Å²) in [5.74, 6) is -2.21. The van der Waals surface area contributed by atoms with Crippen molar-refractivity contribution in [3.63, 3.8) is 0 Å². The zero-order valence-electron chi connectivity index (χ0n) is 7.45. The maximum absolute atomic E-state index is 11.0. The first-order valence-electron chi connectivity index (χ1n) is 4.44. The van der Waals surface area contributed by atoms with Crippen molar-refractivity contribution in [1.82, 2.24) is 4.98 Å². The minimum atomic E-state index is -1.52. The van der Waals surface area contributed by atoms with E-state index >= 15 is 0 Å². The average molecular weight is 195 g/mol. The van der Waals surface area contributed by atoms with Crippen LogP contribution in [0.25, 0.3) is 0 Å². The number of rotatable bonds is 2. The van der Waals surface area contributed by atoms with E-state index in [0.717, 1.165) is 31.4 Å². The first kappa shape index (κ1) is 8.93. The van der Waals surface area contributed by atoms with Crippen molar-refractivity contribution in [3.8, 4) is 0 Å². The minimum absolute atomic E-state index is 0.288. The van der Waals surface area contributed by atoms with Gasteiger partial charge in [0.2, 0.25) is 0 Å². The van der Waals surface area contributed by atoms with E-state index in [1.165, 1.54) is 0 Å². The molecule has 5 heteroatoms. The number of carboxylic acid groups (broad SMARTS) is 1. The second-order valence-electron chi connectivity index (χ2n) is 3.23. The van der Waals surface area contributed by atoms with E-state index in [9.17, 15) is 9.59 Å². The Kier molecular flexibility index (Phi) is 2.07. The SMILES string of the molecule is O=C(O)C(=O)c1nc2c(o1)CCCC2. The van der Waals surface area contributed by atoms with Crippen LogP contribution in [-0.2, 0) is 17.6 Å². The van der Waals surface area contributed by atoms with E-state index in [2.05, 4.69) is 4.98 Å². The molecule has 0 aliphatic heterocycles. The number of hydrogen-bond acceptors (Lipinski definition) is 4. The average Bonchev–Trinajstić information content (AvgIpc) is 2.59. The normalized spacial score (nSPS) is 14.9. The summed E-state index contributed by atoms with van der Waals surface area (Å²) in [6.45, 7) is 0. The molecule has 0 spiro atoms. The molecule has 0 bridgehead atoms. The molecule has 0 saturated carbocycles. The van der Waals surface area contributed by atoms with Crippen molar-refractivity contribution in [1.29, 1.82) is 0 Å². The summed E-state index contributed by atoms with van der Waals surface area (Å²) in [5, 5.41) is 8.45. The van der Waals surface area contributed by atoms with Crippen LogP contribution >= 0.6 is 0 Å². The van der Waals surface area contributed by atoms with Gasteiger partial charge in [-0.2, -0.15) is 0 Å². The maximum atomic E-state index is 11.0. The highest BCUT2D eigenvalue weighted by molar-refractivity contribution is 6.38. The molecule has 0 amide bonds. The third-order valence-electron chi connectivity index (χ3n) is 2.23. The number of ketones is 1. The highest BCUT2D eigenvalue weighted by atomic mass is 16.4. The van der Waals surface area contributed by atoms with Crippen molar-refractivity contribution in [2.24, 2.45) is 0 Å². The molecule has 1 N–H and O–H groups in total. The van der Waals surface area contributed by atoms with Crippen LogP contribution < -0.4 is 0 Å². The molecule has 0 radical (unpaired) electrons. The molecule has 1 aromatic rings. The monoisotopic (exact) mass is 195 g/mol. The highest BCUT2D eigenvalue weighted by Gasteiger charge is 2.25. The largest absolute Gasteiger partial charge is 0.475 e. The van der Waals surface area contributed by atoms with Gasteiger partial charge >= 0.3 is 11.8 Å². The Morgan fingerprint density at radius 1 is 1.29 bits per heavy atom. The van der Waals surface area contributed by atoms with Gasteiger partial charge < -0.3 is 9.52 Å². The lowest BCUT2D eigenvalue weighted by Crippen LogP contribution is -2.12. The standard InChI is InChI=1S/C9H9NO4/c11-7(9(12)13)8-10-5-3-1-2-4-6(5)14-8/h1-4H2,(H,12,13). The van der Waals surface area contributed by atoms with Gasteiger partial charge in [-0.15, -0.1) is 0 Å². The molecule has 1 heterocycles. The Hall–Kier alpha value is -1.65. The van der Waals surface area contributed by atoms with Crippen LogP contribution in [0.3, 0.4) is 0 Å². The summed E-state index contributed by atoms with van der Waals surface area (Å²) in [6.07, 6.45) is 3.53. The summed E-state index contributed by atoms with van der Waals surface area (Å²) in [7, 11) is 0. The Bertz CT molecular complexity index is 370. The second kappa shape index (κ2) is 3.25. The molecule has 0 aromatic carbocycles. The van der Waals surface area contributed by atoms with Gasteiger partial charge in [0, 0.05) is 6.42 Å². The number of hydrogen-bond donors (Lipinski definition) is 1. The molecule has 0 fully saturated rings. The number of aliphatic carboxylic acids is 1. The highest BCUT2D eigenvalue weighted by Crippen LogP contribution is 2.21. The predicted octanol–water partition coefficient (Wildman–Crippen LogP) is 0.821. The molecule has 14 heavy (non-hydrogen) atoms. The van der Waals surface area contributed by atoms with E-state index in [4.69, 9.17) is 9.52 Å². The van der Waals surface area contributed by atoms with E-state index in [-0.39, 0.29) is 5.89 Å². The van der Waals surface area contributed by atoms with Gasteiger partial charge in [0.15, 0.2) is 0 Å². The van der Waals surface area contributed by atoms with Crippen LogP contribution in [0.5, 0.6) is 0 Å². The van der Waals surface area contributed by atoms with E-state index in [1.807, 2.05) is 0 Å². The quantitative estimate of drug-likeness (QED) is 0.558. The molecule has 0 saturated heterocycles. The maximum Gasteiger partial charge on any atom is 0.382 e. The summed E-state index contributed by atoms with van der Waals surface area (Å²) in [5.41, 5.74) is 0.737. The Balaban J connectivity index is 2.32. The number of carbonyl (C=O) groups is 2. The molecule has 2 rings (SSSR count). The molecule has 1 aliphatic rings. The van der Waals surface area contributed by atoms with Crippen LogP contribution in [-0.4, -0.2) is 21.8 Å². The fourth-order valence-corrected chi connectivity index (χ4v) is 1.54. The lowest BCUT2D eigenvalue weighted by atomic mass is 10.0. The van der Waals surface area contributed by atoms with Crippen molar-refractivity contribution < 1.29 is 19.1 Å². The zero-order chi connectivity index (χ0) is 10.1. The molecule has 0 unspecified atom stereocenters. The van der Waals surface area contributed by atoms with Gasteiger partial charge in [-0.1, -0.05) is 0 Å². The Labute approximate surface area is 79.7 Å². The van der Waals surface area contributed by atoms with Crippen LogP contribution in [0.15, 0.2) is 4.42 Å². The van der Waals surface area contributed by atoms with Gasteiger partial charge in [-0.3, -0.25) is 4.79 Å². The van der Waals surface area contributed by atoms with Crippen LogP contribution in [0.1, 0.15) is 35.0 Å². The van der Waals surface area contributed by atoms with Crippen molar-refractivity contribution in [2.45, 2.75) is 25.7 Å².